The van der Waals surface area contributed by atoms with E-state index in [0.29, 0.717) is 0 Å². The minimum atomic E-state index is -5.12. The summed E-state index contributed by atoms with van der Waals surface area (Å²) in [6.07, 6.45) is -5.85. The first-order chi connectivity index (χ1) is 10.6. The van der Waals surface area contributed by atoms with Gasteiger partial charge in [-0.05, 0) is 12.5 Å². The summed E-state index contributed by atoms with van der Waals surface area (Å²) in [5.41, 5.74) is -4.28. The van der Waals surface area contributed by atoms with E-state index in [0.717, 1.165) is 18.2 Å². The molecule has 1 aromatic rings. The summed E-state index contributed by atoms with van der Waals surface area (Å²) in [7, 11) is 0. The number of hydrogen-bond acceptors (Lipinski definition) is 5. The highest BCUT2D eigenvalue weighted by Gasteiger charge is 2.63. The Kier molecular flexibility index (Phi) is 4.12. The molecule has 1 N–H and O–H groups in total. The van der Waals surface area contributed by atoms with E-state index in [2.05, 4.69) is 5.10 Å². The van der Waals surface area contributed by atoms with Gasteiger partial charge in [0.2, 0.25) is 0 Å². The van der Waals surface area contributed by atoms with Crippen molar-refractivity contribution in [1.82, 2.24) is 5.01 Å². The lowest BCUT2D eigenvalue weighted by atomic mass is 10.0. The fraction of sp³-hybridized carbons (Fsp3) is 0.385. The molecule has 7 nitrogen and oxygen atoms in total. The van der Waals surface area contributed by atoms with Gasteiger partial charge in [0, 0.05) is 29.8 Å². The molecule has 1 aliphatic rings. The minimum Gasteiger partial charge on any atom is -0.362 e. The highest BCUT2D eigenvalue weighted by Crippen LogP contribution is 2.41. The van der Waals surface area contributed by atoms with Crippen LogP contribution in [-0.2, 0) is 0 Å². The van der Waals surface area contributed by atoms with E-state index >= 15 is 0 Å². The number of halogens is 3. The lowest BCUT2D eigenvalue weighted by Crippen LogP contribution is -2.56. The van der Waals surface area contributed by atoms with Crippen molar-refractivity contribution in [1.29, 1.82) is 0 Å². The number of nitro benzene ring substituents is 1. The van der Waals surface area contributed by atoms with Crippen LogP contribution in [0.1, 0.15) is 30.1 Å². The van der Waals surface area contributed by atoms with Crippen molar-refractivity contribution < 1.29 is 28.0 Å². The summed E-state index contributed by atoms with van der Waals surface area (Å²) in [6.45, 7) is 1.54. The molecule has 10 heteroatoms. The largest absolute Gasteiger partial charge is 0.438 e. The Hall–Kier alpha value is -2.49. The summed E-state index contributed by atoms with van der Waals surface area (Å²) in [5, 5.41) is 24.1. The SMILES string of the molecule is CCC1=NN(C(=O)c2cccc([N+](=O)[O-])c2)C(O)(C(F)(F)F)C1. The average molecular weight is 331 g/mol. The smallest absolute Gasteiger partial charge is 0.362 e. The molecule has 1 aliphatic heterocycles. The summed E-state index contributed by atoms with van der Waals surface area (Å²) in [6, 6.07) is 4.21. The van der Waals surface area contributed by atoms with Gasteiger partial charge in [0.1, 0.15) is 0 Å². The Morgan fingerprint density at radius 3 is 2.70 bits per heavy atom. The molecule has 124 valence electrons. The number of non-ortho nitro benzene ring substituents is 1. The Morgan fingerprint density at radius 2 is 2.17 bits per heavy atom. The molecular weight excluding hydrogens is 319 g/mol. The van der Waals surface area contributed by atoms with Gasteiger partial charge in [0.05, 0.1) is 4.92 Å². The number of hydrogen-bond donors (Lipinski definition) is 1. The van der Waals surface area contributed by atoms with Crippen LogP contribution in [0.25, 0.3) is 0 Å². The quantitative estimate of drug-likeness (QED) is 0.680. The molecule has 0 saturated heterocycles. The van der Waals surface area contributed by atoms with Gasteiger partial charge >= 0.3 is 6.18 Å². The second-order valence-corrected chi connectivity index (χ2v) is 4.94. The fourth-order valence-electron chi connectivity index (χ4n) is 2.12. The van der Waals surface area contributed by atoms with Crippen molar-refractivity contribution in [3.8, 4) is 0 Å². The van der Waals surface area contributed by atoms with Crippen LogP contribution in [0.2, 0.25) is 0 Å². The van der Waals surface area contributed by atoms with Crippen molar-refractivity contribution in [2.24, 2.45) is 5.10 Å². The van der Waals surface area contributed by atoms with Gasteiger partial charge in [-0.2, -0.15) is 23.3 Å². The molecular formula is C13H12F3N3O4. The number of hydrazone groups is 1. The molecule has 23 heavy (non-hydrogen) atoms. The summed E-state index contributed by atoms with van der Waals surface area (Å²) >= 11 is 0. The van der Waals surface area contributed by atoms with Crippen molar-refractivity contribution in [2.45, 2.75) is 31.7 Å². The van der Waals surface area contributed by atoms with Crippen LogP contribution < -0.4 is 0 Å². The van der Waals surface area contributed by atoms with E-state index < -0.39 is 34.8 Å². The number of carbonyl (C=O) groups is 1. The van der Waals surface area contributed by atoms with Gasteiger partial charge in [-0.3, -0.25) is 14.9 Å². The maximum Gasteiger partial charge on any atom is 0.438 e. The van der Waals surface area contributed by atoms with Crippen molar-refractivity contribution >= 4 is 17.3 Å². The highest BCUT2D eigenvalue weighted by atomic mass is 19.4. The number of benzene rings is 1. The third-order valence-electron chi connectivity index (χ3n) is 3.40. The van der Waals surface area contributed by atoms with Gasteiger partial charge in [-0.15, -0.1) is 0 Å². The summed E-state index contributed by atoms with van der Waals surface area (Å²) in [5.74, 6) is -1.27. The molecule has 1 heterocycles. The number of carbonyl (C=O) groups excluding carboxylic acids is 1. The summed E-state index contributed by atoms with van der Waals surface area (Å²) < 4.78 is 39.5. The van der Waals surface area contributed by atoms with Crippen LogP contribution in [0.3, 0.4) is 0 Å². The van der Waals surface area contributed by atoms with Crippen LogP contribution in [0.4, 0.5) is 18.9 Å². The molecule has 0 saturated carbocycles. The van der Waals surface area contributed by atoms with Crippen molar-refractivity contribution in [2.75, 3.05) is 0 Å². The van der Waals surface area contributed by atoms with Crippen LogP contribution in [0.15, 0.2) is 29.4 Å². The lowest BCUT2D eigenvalue weighted by molar-refractivity contribution is -0.384. The third-order valence-corrected chi connectivity index (χ3v) is 3.40. The first-order valence-electron chi connectivity index (χ1n) is 6.54. The van der Waals surface area contributed by atoms with E-state index in [1.165, 1.54) is 13.0 Å². The number of aliphatic hydroxyl groups is 1. The summed E-state index contributed by atoms with van der Waals surface area (Å²) in [4.78, 5) is 22.2. The Balaban J connectivity index is 2.45. The average Bonchev–Trinajstić information content (AvgIpc) is 2.84. The predicted octanol–water partition coefficient (Wildman–Crippen LogP) is 2.46. The first kappa shape index (κ1) is 16.9. The van der Waals surface area contributed by atoms with Crippen LogP contribution in [-0.4, -0.2) is 38.6 Å². The number of rotatable bonds is 3. The number of nitro groups is 1. The zero-order chi connectivity index (χ0) is 17.4. The van der Waals surface area contributed by atoms with Crippen molar-refractivity contribution in [3.63, 3.8) is 0 Å². The molecule has 0 bridgehead atoms. The molecule has 0 aromatic heterocycles. The Bertz CT molecular complexity index is 689. The molecule has 0 aliphatic carbocycles. The molecule has 1 atom stereocenters. The van der Waals surface area contributed by atoms with E-state index in [1.807, 2.05) is 0 Å². The van der Waals surface area contributed by atoms with Crippen LogP contribution in [0, 0.1) is 10.1 Å². The van der Waals surface area contributed by atoms with Gasteiger partial charge in [0.15, 0.2) is 0 Å². The minimum absolute atomic E-state index is 0.00334. The van der Waals surface area contributed by atoms with E-state index in [9.17, 15) is 33.2 Å². The normalized spacial score (nSPS) is 21.3. The van der Waals surface area contributed by atoms with Crippen molar-refractivity contribution in [3.05, 3.63) is 39.9 Å². The lowest BCUT2D eigenvalue weighted by Gasteiger charge is -2.32. The fourth-order valence-corrected chi connectivity index (χ4v) is 2.12. The topological polar surface area (TPSA) is 96.0 Å². The van der Waals surface area contributed by atoms with E-state index in [-0.39, 0.29) is 22.7 Å². The second kappa shape index (κ2) is 5.61. The molecule has 1 unspecified atom stereocenters. The van der Waals surface area contributed by atoms with Gasteiger partial charge in [0.25, 0.3) is 17.3 Å². The van der Waals surface area contributed by atoms with E-state index in [1.54, 1.807) is 0 Å². The Labute approximate surface area is 128 Å². The molecule has 0 spiro atoms. The van der Waals surface area contributed by atoms with Gasteiger partial charge in [-0.25, -0.2) is 0 Å². The standard InChI is InChI=1S/C13H12F3N3O4/c1-2-9-7-12(21,13(14,15)16)18(17-9)11(20)8-4-3-5-10(6-8)19(22)23/h3-6,21H,2,7H2,1H3. The predicted molar refractivity (Wildman–Crippen MR) is 72.6 cm³/mol. The monoisotopic (exact) mass is 331 g/mol. The first-order valence-corrected chi connectivity index (χ1v) is 6.54. The molecule has 0 radical (unpaired) electrons. The maximum atomic E-state index is 13.2. The van der Waals surface area contributed by atoms with Gasteiger partial charge < -0.3 is 5.11 Å². The zero-order valence-electron chi connectivity index (χ0n) is 11.9. The molecule has 0 fully saturated rings. The molecule has 2 rings (SSSR count). The Morgan fingerprint density at radius 1 is 1.52 bits per heavy atom. The highest BCUT2D eigenvalue weighted by molar-refractivity contribution is 5.98. The number of nitrogens with zero attached hydrogens (tertiary/aromatic N) is 3. The maximum absolute atomic E-state index is 13.2. The zero-order valence-corrected chi connectivity index (χ0v) is 11.9. The third kappa shape index (κ3) is 2.89. The van der Waals surface area contributed by atoms with E-state index in [4.69, 9.17) is 0 Å². The number of alkyl halides is 3. The van der Waals surface area contributed by atoms with Crippen LogP contribution >= 0.6 is 0 Å². The second-order valence-electron chi connectivity index (χ2n) is 4.94. The van der Waals surface area contributed by atoms with Gasteiger partial charge in [-0.1, -0.05) is 13.0 Å². The number of amides is 1. The molecule has 1 aromatic carbocycles. The van der Waals surface area contributed by atoms with Crippen LogP contribution in [0.5, 0.6) is 0 Å². The molecule has 1 amide bonds.